The van der Waals surface area contributed by atoms with Crippen molar-refractivity contribution < 1.29 is 143 Å². The van der Waals surface area contributed by atoms with Gasteiger partial charge in [-0.15, -0.1) is 0 Å². The second-order valence-corrected chi connectivity index (χ2v) is 13.2. The molecule has 7 N–H and O–H groups in total. The Morgan fingerprint density at radius 3 is 0.887 bits per heavy atom. The molecule has 0 saturated heterocycles. The molecule has 24 nitrogen and oxygen atoms in total. The Morgan fingerprint density at radius 2 is 0.704 bits per heavy atom. The summed E-state index contributed by atoms with van der Waals surface area (Å²) >= 11 is 0. The first-order valence-electron chi connectivity index (χ1n) is 17.8. The van der Waals surface area contributed by atoms with Gasteiger partial charge in [-0.3, -0.25) is 0 Å². The number of esters is 5. The highest BCUT2D eigenvalue weighted by molar-refractivity contribution is 5.91. The largest absolute Gasteiger partial charge is 0.479 e. The van der Waals surface area contributed by atoms with Crippen molar-refractivity contribution in [2.75, 3.05) is 19.8 Å². The minimum atomic E-state index is -4.89. The summed E-state index contributed by atoms with van der Waals surface area (Å²) < 4.78 is 90.4. The van der Waals surface area contributed by atoms with Crippen LogP contribution in [0.3, 0.4) is 0 Å². The Bertz CT molecular complexity index is 1950. The van der Waals surface area contributed by atoms with Crippen molar-refractivity contribution in [1.29, 1.82) is 0 Å². The van der Waals surface area contributed by atoms with Crippen molar-refractivity contribution in [3.05, 3.63) is 85.6 Å². The van der Waals surface area contributed by atoms with E-state index in [4.69, 9.17) is 35.7 Å². The van der Waals surface area contributed by atoms with E-state index in [1.807, 2.05) is 0 Å². The van der Waals surface area contributed by atoms with Gasteiger partial charge in [-0.2, -0.15) is 26.3 Å². The van der Waals surface area contributed by atoms with Gasteiger partial charge in [-0.05, 0) is 55.4 Å². The molecule has 0 fully saturated rings. The lowest BCUT2D eigenvalue weighted by Crippen LogP contribution is -2.38. The van der Waals surface area contributed by atoms with Crippen molar-refractivity contribution in [1.82, 2.24) is 0 Å². The predicted molar refractivity (Wildman–Crippen MR) is 227 cm³/mol. The van der Waals surface area contributed by atoms with Crippen LogP contribution in [-0.2, 0) is 81.2 Å². The van der Waals surface area contributed by atoms with E-state index in [9.17, 15) is 83.9 Å². The molecule has 402 valence electrons. The fourth-order valence-electron chi connectivity index (χ4n) is 1.60. The van der Waals surface area contributed by atoms with E-state index in [0.29, 0.717) is 0 Å². The molecule has 0 aromatic carbocycles. The maximum Gasteiger partial charge on any atom is 0.422 e. The lowest BCUT2D eigenvalue weighted by molar-refractivity contribution is -0.178. The van der Waals surface area contributed by atoms with Crippen LogP contribution >= 0.6 is 0 Å². The molecule has 0 radical (unpaired) electrons. The molecule has 0 aromatic rings. The van der Waals surface area contributed by atoms with Crippen molar-refractivity contribution in [3.63, 3.8) is 0 Å². The summed E-state index contributed by atoms with van der Waals surface area (Å²) in [4.78, 5) is 123. The number of rotatable bonds is 17. The van der Waals surface area contributed by atoms with Gasteiger partial charge in [0.05, 0.1) is 0 Å². The van der Waals surface area contributed by atoms with Gasteiger partial charge in [0.25, 0.3) is 0 Å². The zero-order valence-corrected chi connectivity index (χ0v) is 39.0. The first kappa shape index (κ1) is 76.6. The van der Waals surface area contributed by atoms with E-state index >= 15 is 0 Å². The molecule has 0 aliphatic rings. The normalized spacial score (nSPS) is 9.77. The standard InChI is InChI=1S/C10H14O6.C9H12O6.C6H5F3O4.C4H3F3O2.3C4H6O2/c1-6(2)8(12)15-5-7(11)16-10(3,4)9(13)14;1-4-6(10)14-5-7(11)15-9(2,3)8(12)13;1-3(6(7,8)9)5(12)13-2-4(10)11;1-2(3(8)9)4(5,6)7;3*1-3(2)4(5)6/h1,5H2,2-4H3,(H,13,14);4H,1,5H2,2-3H3,(H,12,13);1-2H2,(H,10,11);1H2,(H,8,9);3*1H2,2H3,(H,5,6). The Kier molecular flexibility index (Phi) is 39.3. The van der Waals surface area contributed by atoms with Crippen LogP contribution in [0.5, 0.6) is 0 Å². The number of ether oxygens (including phenoxy) is 5. The molecular weight excluding hydrogens is 990 g/mol. The summed E-state index contributed by atoms with van der Waals surface area (Å²) in [6, 6.07) is 0. The molecule has 0 aliphatic carbocycles. The van der Waals surface area contributed by atoms with Gasteiger partial charge in [0.2, 0.25) is 11.2 Å². The van der Waals surface area contributed by atoms with E-state index < -0.39 is 126 Å². The second kappa shape index (κ2) is 36.4. The third-order valence-corrected chi connectivity index (χ3v) is 5.55. The number of aliphatic carboxylic acids is 7. The molecule has 0 amide bonds. The highest BCUT2D eigenvalue weighted by atomic mass is 19.4. The van der Waals surface area contributed by atoms with Crippen LogP contribution in [0.4, 0.5) is 26.3 Å². The molecule has 0 rings (SSSR count). The Balaban J connectivity index is -0.000000139. The van der Waals surface area contributed by atoms with Crippen molar-refractivity contribution >= 4 is 71.6 Å². The number of hydrogen-bond donors (Lipinski definition) is 7. The Hall–Kier alpha value is -8.60. The monoisotopic (exact) mass is 1040 g/mol. The van der Waals surface area contributed by atoms with Crippen LogP contribution in [0.25, 0.3) is 0 Å². The molecule has 0 atom stereocenters. The maximum atomic E-state index is 11.7. The molecule has 30 heteroatoms. The van der Waals surface area contributed by atoms with Crippen LogP contribution < -0.4 is 0 Å². The van der Waals surface area contributed by atoms with Crippen molar-refractivity contribution in [3.8, 4) is 0 Å². The molecule has 0 aromatic heterocycles. The van der Waals surface area contributed by atoms with Crippen LogP contribution in [0.1, 0.15) is 55.4 Å². The van der Waals surface area contributed by atoms with Gasteiger partial charge < -0.3 is 59.4 Å². The summed E-state index contributed by atoms with van der Waals surface area (Å²) in [5.41, 5.74) is -6.09. The summed E-state index contributed by atoms with van der Waals surface area (Å²) in [5, 5.41) is 56.6. The molecule has 0 aliphatic heterocycles. The van der Waals surface area contributed by atoms with E-state index in [1.54, 1.807) is 0 Å². The van der Waals surface area contributed by atoms with Crippen molar-refractivity contribution in [2.45, 2.75) is 78.9 Å². The zero-order valence-electron chi connectivity index (χ0n) is 39.0. The summed E-state index contributed by atoms with van der Waals surface area (Å²) in [6.07, 6.45) is -8.82. The first-order valence-corrected chi connectivity index (χ1v) is 17.8. The summed E-state index contributed by atoms with van der Waals surface area (Å²) in [5.74, 6) is -14.1. The van der Waals surface area contributed by atoms with Gasteiger partial charge in [-0.1, -0.05) is 46.1 Å². The predicted octanol–water partition coefficient (Wildman–Crippen LogP) is 4.50. The van der Waals surface area contributed by atoms with Crippen LogP contribution in [0.15, 0.2) is 85.6 Å². The lowest BCUT2D eigenvalue weighted by Gasteiger charge is -2.19. The minimum absolute atomic E-state index is 0.144. The molecule has 0 saturated carbocycles. The number of alkyl halides is 6. The maximum absolute atomic E-state index is 11.7. The lowest BCUT2D eigenvalue weighted by atomic mass is 10.1. The Morgan fingerprint density at radius 1 is 0.437 bits per heavy atom. The first-order chi connectivity index (χ1) is 31.5. The van der Waals surface area contributed by atoms with Crippen LogP contribution in [0.2, 0.25) is 0 Å². The molecule has 0 bridgehead atoms. The molecule has 0 unspecified atom stereocenters. The van der Waals surface area contributed by atoms with E-state index in [0.717, 1.165) is 6.08 Å². The highest BCUT2D eigenvalue weighted by Gasteiger charge is 2.38. The quantitative estimate of drug-likeness (QED) is 0.0456. The average molecular weight is 1040 g/mol. The average Bonchev–Trinajstić information content (AvgIpc) is 3.20. The second-order valence-electron chi connectivity index (χ2n) is 13.2. The fourth-order valence-corrected chi connectivity index (χ4v) is 1.60. The number of carboxylic acid groups (broad SMARTS) is 7. The molecule has 0 spiro atoms. The topological polar surface area (TPSA) is 393 Å². The minimum Gasteiger partial charge on any atom is -0.479 e. The number of carboxylic acids is 7. The number of carbonyl (C=O) groups is 12. The van der Waals surface area contributed by atoms with Gasteiger partial charge in [0, 0.05) is 28.4 Å². The van der Waals surface area contributed by atoms with Crippen LogP contribution in [0, 0.1) is 0 Å². The SMILES string of the molecule is C=C(C(=O)O)C(F)(F)F.C=C(C(=O)OCC(=O)O)C(F)(F)F.C=C(C)C(=O)O.C=C(C)C(=O)O.C=C(C)C(=O)O.C=C(C)C(=O)OCC(=O)OC(C)(C)C(=O)O.C=CC(=O)OCC(=O)OC(C)(C)C(=O)O. The van der Waals surface area contributed by atoms with E-state index in [1.165, 1.54) is 55.4 Å². The smallest absolute Gasteiger partial charge is 0.422 e. The zero-order chi connectivity index (χ0) is 58.8. The molecule has 71 heavy (non-hydrogen) atoms. The van der Waals surface area contributed by atoms with Crippen LogP contribution in [-0.4, -0.2) is 151 Å². The van der Waals surface area contributed by atoms with Gasteiger partial charge in [0.15, 0.2) is 19.8 Å². The van der Waals surface area contributed by atoms with Gasteiger partial charge >= 0.3 is 84.0 Å². The number of carbonyl (C=O) groups excluding carboxylic acids is 5. The highest BCUT2D eigenvalue weighted by Crippen LogP contribution is 2.25. The summed E-state index contributed by atoms with van der Waals surface area (Å²) in [6.45, 7) is 28.8. The third-order valence-electron chi connectivity index (χ3n) is 5.55. The third kappa shape index (κ3) is 49.1. The molecular formula is C41H52F6O24. The summed E-state index contributed by atoms with van der Waals surface area (Å²) in [7, 11) is 0. The Labute approximate surface area is 399 Å². The number of hydrogen-bond acceptors (Lipinski definition) is 17. The van der Waals surface area contributed by atoms with Gasteiger partial charge in [-0.25, -0.2) is 57.5 Å². The van der Waals surface area contributed by atoms with Crippen molar-refractivity contribution in [2.24, 2.45) is 0 Å². The van der Waals surface area contributed by atoms with E-state index in [-0.39, 0.29) is 22.3 Å². The van der Waals surface area contributed by atoms with E-state index in [2.05, 4.69) is 69.7 Å². The van der Waals surface area contributed by atoms with Gasteiger partial charge in [0.1, 0.15) is 11.1 Å². The fraction of sp³-hybridized carbons (Fsp3) is 0.366. The number of halogens is 6. The molecule has 0 heterocycles.